The second-order valence-corrected chi connectivity index (χ2v) is 9.36. The Morgan fingerprint density at radius 1 is 1.04 bits per heavy atom. The average molecular weight is 349 g/mol. The van der Waals surface area contributed by atoms with Crippen LogP contribution in [0.2, 0.25) is 0 Å². The molecule has 4 aliphatic rings. The van der Waals surface area contributed by atoms with Crippen molar-refractivity contribution in [3.8, 4) is 0 Å². The van der Waals surface area contributed by atoms with E-state index in [-0.39, 0.29) is 0 Å². The van der Waals surface area contributed by atoms with E-state index in [9.17, 15) is 4.79 Å². The van der Waals surface area contributed by atoms with E-state index in [0.717, 1.165) is 57.3 Å². The molecule has 0 radical (unpaired) electrons. The number of hydrogen-bond acceptors (Lipinski definition) is 3. The lowest BCUT2D eigenvalue weighted by Crippen LogP contribution is -2.49. The molecule has 4 rings (SSSR count). The summed E-state index contributed by atoms with van der Waals surface area (Å²) in [6.07, 6.45) is 11.2. The van der Waals surface area contributed by atoms with Crippen LogP contribution < -0.4 is 0 Å². The third-order valence-corrected chi connectivity index (χ3v) is 7.87. The molecule has 25 heavy (non-hydrogen) atoms. The standard InChI is InChI=1S/C21H36N2O2/c1-16-3-5-18(6-4-16)23-11-7-17(8-12-23)22(2)20(24)19-15-21(19)9-13-25-14-10-21/h16-19H,3-15H2,1-2H3/t16?,18?,19-/m0/s1. The van der Waals surface area contributed by atoms with Crippen LogP contribution in [0.5, 0.6) is 0 Å². The highest BCUT2D eigenvalue weighted by Crippen LogP contribution is 2.59. The highest BCUT2D eigenvalue weighted by molar-refractivity contribution is 5.82. The molecule has 4 fully saturated rings. The number of carbonyl (C=O) groups is 1. The van der Waals surface area contributed by atoms with Gasteiger partial charge in [-0.25, -0.2) is 0 Å². The second kappa shape index (κ2) is 7.19. The molecule has 0 aromatic carbocycles. The minimum atomic E-state index is 0.291. The first kappa shape index (κ1) is 17.8. The Balaban J connectivity index is 1.25. The van der Waals surface area contributed by atoms with E-state index >= 15 is 0 Å². The quantitative estimate of drug-likeness (QED) is 0.784. The largest absolute Gasteiger partial charge is 0.381 e. The van der Waals surface area contributed by atoms with Crippen LogP contribution in [0.4, 0.5) is 0 Å². The molecular formula is C21H36N2O2. The number of amides is 1. The monoisotopic (exact) mass is 348 g/mol. The highest BCUT2D eigenvalue weighted by atomic mass is 16.5. The number of nitrogens with zero attached hydrogens (tertiary/aromatic N) is 2. The van der Waals surface area contributed by atoms with E-state index in [0.29, 0.717) is 23.3 Å². The molecule has 142 valence electrons. The van der Waals surface area contributed by atoms with Crippen LogP contribution in [-0.2, 0) is 9.53 Å². The third kappa shape index (κ3) is 3.62. The van der Waals surface area contributed by atoms with Crippen molar-refractivity contribution in [1.82, 2.24) is 9.80 Å². The van der Waals surface area contributed by atoms with Gasteiger partial charge >= 0.3 is 0 Å². The van der Waals surface area contributed by atoms with Crippen LogP contribution in [0, 0.1) is 17.3 Å². The zero-order chi connectivity index (χ0) is 17.4. The molecule has 0 aromatic rings. The fourth-order valence-corrected chi connectivity index (χ4v) is 5.70. The van der Waals surface area contributed by atoms with Gasteiger partial charge in [-0.15, -0.1) is 0 Å². The van der Waals surface area contributed by atoms with Crippen LogP contribution in [0.15, 0.2) is 0 Å². The molecule has 4 heteroatoms. The number of rotatable bonds is 3. The van der Waals surface area contributed by atoms with Gasteiger partial charge in [-0.2, -0.15) is 0 Å². The molecule has 2 saturated heterocycles. The maximum atomic E-state index is 13.0. The SMILES string of the molecule is CC1CCC(N2CCC(N(C)C(=O)[C@@H]3CC34CCOCC4)CC2)CC1. The molecule has 4 nitrogen and oxygen atoms in total. The van der Waals surface area contributed by atoms with Gasteiger partial charge in [0.25, 0.3) is 0 Å². The van der Waals surface area contributed by atoms with Gasteiger partial charge in [0, 0.05) is 51.4 Å². The van der Waals surface area contributed by atoms with E-state index < -0.39 is 0 Å². The summed E-state index contributed by atoms with van der Waals surface area (Å²) in [6.45, 7) is 6.47. The van der Waals surface area contributed by atoms with Gasteiger partial charge in [0.2, 0.25) is 5.91 Å². The molecule has 2 heterocycles. The van der Waals surface area contributed by atoms with Crippen molar-refractivity contribution in [1.29, 1.82) is 0 Å². The molecule has 2 aliphatic carbocycles. The fraction of sp³-hybridized carbons (Fsp3) is 0.952. The van der Waals surface area contributed by atoms with Crippen molar-refractivity contribution in [3.63, 3.8) is 0 Å². The normalized spacial score (nSPS) is 36.3. The number of piperidine rings is 1. The summed E-state index contributed by atoms with van der Waals surface area (Å²) >= 11 is 0. The van der Waals surface area contributed by atoms with Crippen LogP contribution in [-0.4, -0.2) is 61.1 Å². The van der Waals surface area contributed by atoms with Crippen molar-refractivity contribution >= 4 is 5.91 Å². The highest BCUT2D eigenvalue weighted by Gasteiger charge is 2.59. The molecule has 1 spiro atoms. The molecule has 0 N–H and O–H groups in total. The molecule has 1 amide bonds. The summed E-state index contributed by atoms with van der Waals surface area (Å²) in [5, 5.41) is 0. The van der Waals surface area contributed by atoms with Crippen LogP contribution >= 0.6 is 0 Å². The molecular weight excluding hydrogens is 312 g/mol. The first-order valence-electron chi connectivity index (χ1n) is 10.7. The molecule has 2 saturated carbocycles. The summed E-state index contributed by atoms with van der Waals surface area (Å²) in [4.78, 5) is 17.8. The minimum Gasteiger partial charge on any atom is -0.381 e. The van der Waals surface area contributed by atoms with E-state index in [1.54, 1.807) is 0 Å². The lowest BCUT2D eigenvalue weighted by atomic mass is 9.85. The smallest absolute Gasteiger partial charge is 0.226 e. The summed E-state index contributed by atoms with van der Waals surface area (Å²) < 4.78 is 5.50. The number of hydrogen-bond donors (Lipinski definition) is 0. The van der Waals surface area contributed by atoms with Crippen molar-refractivity contribution in [2.24, 2.45) is 17.3 Å². The summed E-state index contributed by atoms with van der Waals surface area (Å²) in [5.74, 6) is 1.64. The number of ether oxygens (including phenoxy) is 1. The minimum absolute atomic E-state index is 0.291. The van der Waals surface area contributed by atoms with Gasteiger partial charge in [-0.1, -0.05) is 6.92 Å². The van der Waals surface area contributed by atoms with E-state index in [2.05, 4.69) is 23.8 Å². The Bertz CT molecular complexity index is 472. The van der Waals surface area contributed by atoms with E-state index in [1.165, 1.54) is 38.8 Å². The lowest BCUT2D eigenvalue weighted by molar-refractivity contribution is -0.135. The molecule has 1 atom stereocenters. The molecule has 2 aliphatic heterocycles. The predicted octanol–water partition coefficient (Wildman–Crippen LogP) is 3.30. The Morgan fingerprint density at radius 3 is 2.32 bits per heavy atom. The van der Waals surface area contributed by atoms with Gasteiger partial charge in [0.05, 0.1) is 0 Å². The summed E-state index contributed by atoms with van der Waals surface area (Å²) in [5.41, 5.74) is 0.309. The van der Waals surface area contributed by atoms with E-state index in [4.69, 9.17) is 4.74 Å². The maximum Gasteiger partial charge on any atom is 0.226 e. The zero-order valence-electron chi connectivity index (χ0n) is 16.2. The van der Waals surface area contributed by atoms with Crippen LogP contribution in [0.3, 0.4) is 0 Å². The van der Waals surface area contributed by atoms with Crippen molar-refractivity contribution < 1.29 is 9.53 Å². The Labute approximate surface area is 153 Å². The van der Waals surface area contributed by atoms with Crippen molar-refractivity contribution in [2.45, 2.75) is 76.8 Å². The zero-order valence-corrected chi connectivity index (χ0v) is 16.2. The van der Waals surface area contributed by atoms with Gasteiger partial charge in [0.1, 0.15) is 0 Å². The van der Waals surface area contributed by atoms with Crippen molar-refractivity contribution in [2.75, 3.05) is 33.4 Å². The number of likely N-dealkylation sites (tertiary alicyclic amines) is 1. The second-order valence-electron chi connectivity index (χ2n) is 9.36. The predicted molar refractivity (Wildman–Crippen MR) is 99.4 cm³/mol. The van der Waals surface area contributed by atoms with Gasteiger partial charge in [0.15, 0.2) is 0 Å². The van der Waals surface area contributed by atoms with Crippen LogP contribution in [0.25, 0.3) is 0 Å². The van der Waals surface area contributed by atoms with Gasteiger partial charge in [-0.3, -0.25) is 4.79 Å². The molecule has 0 unspecified atom stereocenters. The van der Waals surface area contributed by atoms with Crippen molar-refractivity contribution in [3.05, 3.63) is 0 Å². The summed E-state index contributed by atoms with van der Waals surface area (Å²) in [6, 6.07) is 1.27. The molecule has 0 aromatic heterocycles. The molecule has 0 bridgehead atoms. The average Bonchev–Trinajstić information content (AvgIpc) is 3.34. The van der Waals surface area contributed by atoms with Gasteiger partial charge < -0.3 is 14.5 Å². The summed E-state index contributed by atoms with van der Waals surface area (Å²) in [7, 11) is 2.07. The topological polar surface area (TPSA) is 32.8 Å². The first-order valence-corrected chi connectivity index (χ1v) is 10.7. The Hall–Kier alpha value is -0.610. The Kier molecular flexibility index (Phi) is 5.11. The lowest BCUT2D eigenvalue weighted by Gasteiger charge is -2.42. The van der Waals surface area contributed by atoms with Gasteiger partial charge in [-0.05, 0) is 69.1 Å². The van der Waals surface area contributed by atoms with E-state index in [1.807, 2.05) is 0 Å². The van der Waals surface area contributed by atoms with Crippen LogP contribution in [0.1, 0.15) is 64.7 Å². The number of carbonyl (C=O) groups excluding carboxylic acids is 1. The maximum absolute atomic E-state index is 13.0. The third-order valence-electron chi connectivity index (χ3n) is 7.87. The Morgan fingerprint density at radius 2 is 1.68 bits per heavy atom. The fourth-order valence-electron chi connectivity index (χ4n) is 5.70. The first-order chi connectivity index (χ1) is 12.1.